The summed E-state index contributed by atoms with van der Waals surface area (Å²) >= 11 is 3.47. The smallest absolute Gasteiger partial charge is 0.273 e. The predicted molar refractivity (Wildman–Crippen MR) is 142 cm³/mol. The van der Waals surface area contributed by atoms with E-state index in [4.69, 9.17) is 9.84 Å². The van der Waals surface area contributed by atoms with Gasteiger partial charge in [0.2, 0.25) is 0 Å². The number of nitrogens with zero attached hydrogens (tertiary/aromatic N) is 4. The lowest BCUT2D eigenvalue weighted by Gasteiger charge is -2.15. The van der Waals surface area contributed by atoms with Crippen molar-refractivity contribution in [2.24, 2.45) is 0 Å². The summed E-state index contributed by atoms with van der Waals surface area (Å²) in [5.41, 5.74) is 3.25. The Morgan fingerprint density at radius 1 is 1.11 bits per heavy atom. The van der Waals surface area contributed by atoms with Gasteiger partial charge in [0.15, 0.2) is 0 Å². The predicted octanol–water partition coefficient (Wildman–Crippen LogP) is 6.34. The molecule has 0 aliphatic heterocycles. The first-order chi connectivity index (χ1) is 16.7. The van der Waals surface area contributed by atoms with Crippen LogP contribution in [-0.4, -0.2) is 34.2 Å². The highest BCUT2D eigenvalue weighted by atomic mass is 79.9. The first-order valence-electron chi connectivity index (χ1n) is 11.8. The van der Waals surface area contributed by atoms with Gasteiger partial charge in [-0.05, 0) is 48.6 Å². The summed E-state index contributed by atoms with van der Waals surface area (Å²) in [5, 5.41) is 9.45. The molecule has 0 radical (unpaired) electrons. The maximum absolute atomic E-state index is 15.0. The number of benzene rings is 2. The third-order valence-electron chi connectivity index (χ3n) is 6.21. The molecular weight excluding hydrogens is 527 g/mol. The van der Waals surface area contributed by atoms with Gasteiger partial charge in [0.25, 0.3) is 5.56 Å². The molecule has 5 rings (SSSR count). The Labute approximate surface area is 212 Å². The maximum Gasteiger partial charge on any atom is 0.273 e. The fourth-order valence-electron chi connectivity index (χ4n) is 4.10. The van der Waals surface area contributed by atoms with E-state index in [1.54, 1.807) is 10.7 Å². The molecule has 1 fully saturated rings. The molecule has 9 heteroatoms. The summed E-state index contributed by atoms with van der Waals surface area (Å²) in [7, 11) is -1.23. The molecule has 1 saturated carbocycles. The molecule has 0 saturated heterocycles. The van der Waals surface area contributed by atoms with Crippen LogP contribution in [0.25, 0.3) is 28.0 Å². The molecule has 182 valence electrons. The maximum atomic E-state index is 15.0. The summed E-state index contributed by atoms with van der Waals surface area (Å²) in [6, 6.07) is 15.2. The van der Waals surface area contributed by atoms with Crippen molar-refractivity contribution in [1.82, 2.24) is 19.6 Å². The molecule has 0 spiro atoms. The molecule has 1 aliphatic rings. The number of aromatic nitrogens is 4. The van der Waals surface area contributed by atoms with Gasteiger partial charge in [0, 0.05) is 30.8 Å². The number of rotatable bonds is 8. The highest BCUT2D eigenvalue weighted by molar-refractivity contribution is 9.10. The second kappa shape index (κ2) is 9.44. The lowest BCUT2D eigenvalue weighted by molar-refractivity contribution is 0.0818. The lowest BCUT2D eigenvalue weighted by Crippen LogP contribution is -2.23. The van der Waals surface area contributed by atoms with Crippen molar-refractivity contribution < 1.29 is 9.13 Å². The van der Waals surface area contributed by atoms with Gasteiger partial charge in [0.1, 0.15) is 29.4 Å². The van der Waals surface area contributed by atoms with E-state index in [1.807, 2.05) is 30.3 Å². The van der Waals surface area contributed by atoms with E-state index in [0.717, 1.165) is 34.5 Å². The number of fused-ring (bicyclic) bond motifs is 1. The molecule has 2 heterocycles. The second-order valence-corrected chi connectivity index (χ2v) is 16.8. The van der Waals surface area contributed by atoms with Crippen LogP contribution in [0.2, 0.25) is 25.7 Å². The Balaban J connectivity index is 1.63. The van der Waals surface area contributed by atoms with Crippen LogP contribution in [0.5, 0.6) is 0 Å². The summed E-state index contributed by atoms with van der Waals surface area (Å²) in [5.74, 6) is -0.186. The average molecular weight is 556 g/mol. The SMILES string of the molecule is C[Si](C)(C)CCOCn1nc(-c2ccc(Br)cc2)c2nn(-c3c(F)cccc3C3CC3)c(=O)cc21. The molecule has 2 aromatic heterocycles. The number of halogens is 2. The Kier molecular flexibility index (Phi) is 6.50. The standard InChI is InChI=1S/C26H28BrFN4O2Si/c1-35(2,3)14-13-34-16-31-22-15-23(33)32(26-20(17-7-8-17)5-4-6-21(26)28)30-25(22)24(29-31)18-9-11-19(27)12-10-18/h4-6,9-12,15,17H,7-8,13-14,16H2,1-3H3. The molecule has 0 amide bonds. The molecule has 35 heavy (non-hydrogen) atoms. The van der Waals surface area contributed by atoms with E-state index < -0.39 is 19.5 Å². The van der Waals surface area contributed by atoms with E-state index >= 15 is 4.39 Å². The molecule has 6 nitrogen and oxygen atoms in total. The first kappa shape index (κ1) is 24.1. The van der Waals surface area contributed by atoms with Crippen molar-refractivity contribution in [1.29, 1.82) is 0 Å². The first-order valence-corrected chi connectivity index (χ1v) is 16.3. The Morgan fingerprint density at radius 3 is 2.54 bits per heavy atom. The van der Waals surface area contributed by atoms with Gasteiger partial charge in [-0.1, -0.05) is 59.8 Å². The number of hydrogen-bond donors (Lipinski definition) is 0. The van der Waals surface area contributed by atoms with E-state index in [-0.39, 0.29) is 18.3 Å². The summed E-state index contributed by atoms with van der Waals surface area (Å²) in [6.07, 6.45) is 1.98. The van der Waals surface area contributed by atoms with Gasteiger partial charge in [-0.15, -0.1) is 0 Å². The highest BCUT2D eigenvalue weighted by Gasteiger charge is 2.29. The van der Waals surface area contributed by atoms with Gasteiger partial charge < -0.3 is 4.74 Å². The van der Waals surface area contributed by atoms with Crippen LogP contribution in [0, 0.1) is 5.82 Å². The minimum Gasteiger partial charge on any atom is -0.360 e. The zero-order valence-corrected chi connectivity index (χ0v) is 22.7. The monoisotopic (exact) mass is 554 g/mol. The van der Waals surface area contributed by atoms with Crippen molar-refractivity contribution >= 4 is 35.0 Å². The van der Waals surface area contributed by atoms with Gasteiger partial charge >= 0.3 is 0 Å². The van der Waals surface area contributed by atoms with Crippen LogP contribution in [0.4, 0.5) is 4.39 Å². The second-order valence-electron chi connectivity index (χ2n) is 10.3. The minimum absolute atomic E-state index is 0.218. The molecule has 2 aromatic carbocycles. The number of para-hydroxylation sites is 1. The normalized spacial score (nSPS) is 14.1. The van der Waals surface area contributed by atoms with Crippen LogP contribution in [0.3, 0.4) is 0 Å². The van der Waals surface area contributed by atoms with Gasteiger partial charge in [-0.3, -0.25) is 4.79 Å². The molecule has 0 bridgehead atoms. The number of hydrogen-bond acceptors (Lipinski definition) is 4. The Bertz CT molecular complexity index is 1440. The van der Waals surface area contributed by atoms with Crippen LogP contribution < -0.4 is 5.56 Å². The van der Waals surface area contributed by atoms with Crippen molar-refractivity contribution in [3.8, 4) is 16.9 Å². The van der Waals surface area contributed by atoms with Crippen LogP contribution in [-0.2, 0) is 11.5 Å². The molecule has 0 atom stereocenters. The summed E-state index contributed by atoms with van der Waals surface area (Å²) < 4.78 is 24.8. The molecule has 0 N–H and O–H groups in total. The fraction of sp³-hybridized carbons (Fsp3) is 0.346. The summed E-state index contributed by atoms with van der Waals surface area (Å²) in [6.45, 7) is 7.76. The summed E-state index contributed by atoms with van der Waals surface area (Å²) in [4.78, 5) is 13.2. The van der Waals surface area contributed by atoms with E-state index in [9.17, 15) is 4.79 Å². The number of ether oxygens (including phenoxy) is 1. The van der Waals surface area contributed by atoms with Gasteiger partial charge in [-0.2, -0.15) is 14.9 Å². The van der Waals surface area contributed by atoms with E-state index in [2.05, 4.69) is 40.7 Å². The molecule has 1 aliphatic carbocycles. The Hall–Kier alpha value is -2.62. The average Bonchev–Trinajstić information content (AvgIpc) is 3.59. The van der Waals surface area contributed by atoms with Crippen LogP contribution in [0.15, 0.2) is 57.8 Å². The third kappa shape index (κ3) is 5.17. The van der Waals surface area contributed by atoms with Crippen molar-refractivity contribution in [2.45, 2.75) is 51.2 Å². The van der Waals surface area contributed by atoms with Crippen LogP contribution in [0.1, 0.15) is 24.3 Å². The van der Waals surface area contributed by atoms with Gasteiger partial charge in [0.05, 0.1) is 5.52 Å². The fourth-order valence-corrected chi connectivity index (χ4v) is 5.12. The molecule has 4 aromatic rings. The molecular formula is C26H28BrFN4O2Si. The Morgan fingerprint density at radius 2 is 1.86 bits per heavy atom. The topological polar surface area (TPSA) is 61.9 Å². The largest absolute Gasteiger partial charge is 0.360 e. The van der Waals surface area contributed by atoms with Crippen molar-refractivity contribution in [2.75, 3.05) is 6.61 Å². The zero-order valence-electron chi connectivity index (χ0n) is 20.1. The van der Waals surface area contributed by atoms with Crippen molar-refractivity contribution in [3.05, 3.63) is 74.7 Å². The third-order valence-corrected chi connectivity index (χ3v) is 8.44. The van der Waals surface area contributed by atoms with Gasteiger partial charge in [-0.25, -0.2) is 9.07 Å². The highest BCUT2D eigenvalue weighted by Crippen LogP contribution is 2.43. The zero-order chi connectivity index (χ0) is 24.7. The van der Waals surface area contributed by atoms with E-state index in [1.165, 1.54) is 16.8 Å². The van der Waals surface area contributed by atoms with Crippen LogP contribution >= 0.6 is 15.9 Å². The minimum atomic E-state index is -1.23. The van der Waals surface area contributed by atoms with Crippen molar-refractivity contribution in [3.63, 3.8) is 0 Å². The van der Waals surface area contributed by atoms with E-state index in [0.29, 0.717) is 23.3 Å². The quantitative estimate of drug-likeness (QED) is 0.188. The lowest BCUT2D eigenvalue weighted by atomic mass is 10.1. The molecule has 0 unspecified atom stereocenters.